The van der Waals surface area contributed by atoms with Crippen molar-refractivity contribution in [1.29, 1.82) is 0 Å². The van der Waals surface area contributed by atoms with Gasteiger partial charge in [-0.25, -0.2) is 10.4 Å². The highest BCUT2D eigenvalue weighted by molar-refractivity contribution is 5.86. The molecule has 20 heavy (non-hydrogen) atoms. The number of amides is 1. The number of hydrogen-bond donors (Lipinski definition) is 2. The summed E-state index contributed by atoms with van der Waals surface area (Å²) in [5.41, 5.74) is 9.15. The first-order valence-electron chi connectivity index (χ1n) is 6.19. The second-order valence-electron chi connectivity index (χ2n) is 4.13. The molecule has 0 fully saturated rings. The number of ether oxygens (including phenoxy) is 1. The van der Waals surface area contributed by atoms with Gasteiger partial charge in [-0.1, -0.05) is 6.07 Å². The Labute approximate surface area is 116 Å². The quantitative estimate of drug-likeness (QED) is 0.628. The van der Waals surface area contributed by atoms with Crippen LogP contribution in [-0.2, 0) is 4.79 Å². The molecule has 0 radical (unpaired) electrons. The van der Waals surface area contributed by atoms with Crippen molar-refractivity contribution >= 4 is 23.0 Å². The number of hydrazone groups is 1. The molecule has 0 spiro atoms. The fourth-order valence-corrected chi connectivity index (χ4v) is 1.68. The summed E-state index contributed by atoms with van der Waals surface area (Å²) in [6, 6.07) is 9.37. The molecule has 0 aliphatic carbocycles. The summed E-state index contributed by atoms with van der Waals surface area (Å²) in [6.45, 7) is 0.303. The highest BCUT2D eigenvalue weighted by Gasteiger charge is 1.99. The maximum Gasteiger partial charge on any atom is 0.241 e. The average molecular weight is 272 g/mol. The molecule has 6 nitrogen and oxygen atoms in total. The zero-order valence-corrected chi connectivity index (χ0v) is 11.2. The third-order valence-corrected chi connectivity index (χ3v) is 2.68. The van der Waals surface area contributed by atoms with E-state index in [0.717, 1.165) is 16.7 Å². The minimum atomic E-state index is -0.214. The van der Waals surface area contributed by atoms with Crippen LogP contribution in [0.15, 0.2) is 35.4 Å². The van der Waals surface area contributed by atoms with Gasteiger partial charge in [-0.3, -0.25) is 4.79 Å². The molecule has 1 heterocycles. The third-order valence-electron chi connectivity index (χ3n) is 2.68. The zero-order valence-electron chi connectivity index (χ0n) is 11.2. The Kier molecular flexibility index (Phi) is 4.62. The summed E-state index contributed by atoms with van der Waals surface area (Å²) < 4.78 is 5.15. The van der Waals surface area contributed by atoms with E-state index in [2.05, 4.69) is 15.5 Å². The SMILES string of the molecule is COc1ccc2nc(/C=N/NC(=O)CCN)ccc2c1. The van der Waals surface area contributed by atoms with Crippen LogP contribution in [0.5, 0.6) is 5.75 Å². The van der Waals surface area contributed by atoms with E-state index in [1.807, 2.05) is 30.3 Å². The van der Waals surface area contributed by atoms with Gasteiger partial charge < -0.3 is 10.5 Å². The van der Waals surface area contributed by atoms with Gasteiger partial charge in [-0.05, 0) is 24.3 Å². The van der Waals surface area contributed by atoms with E-state index in [1.54, 1.807) is 7.11 Å². The summed E-state index contributed by atoms with van der Waals surface area (Å²) >= 11 is 0. The van der Waals surface area contributed by atoms with E-state index < -0.39 is 0 Å². The van der Waals surface area contributed by atoms with Crippen molar-refractivity contribution in [2.45, 2.75) is 6.42 Å². The summed E-state index contributed by atoms with van der Waals surface area (Å²) in [6.07, 6.45) is 1.75. The number of nitrogens with two attached hydrogens (primary N) is 1. The number of nitrogens with one attached hydrogen (secondary N) is 1. The Morgan fingerprint density at radius 1 is 1.45 bits per heavy atom. The van der Waals surface area contributed by atoms with Crippen molar-refractivity contribution in [2.24, 2.45) is 10.8 Å². The number of nitrogens with zero attached hydrogens (tertiary/aromatic N) is 2. The van der Waals surface area contributed by atoms with Gasteiger partial charge in [0.05, 0.1) is 24.5 Å². The molecule has 104 valence electrons. The molecule has 6 heteroatoms. The molecule has 0 saturated heterocycles. The number of fused-ring (bicyclic) bond motifs is 1. The molecule has 0 bridgehead atoms. The van der Waals surface area contributed by atoms with E-state index in [1.165, 1.54) is 6.21 Å². The lowest BCUT2D eigenvalue weighted by Gasteiger charge is -2.02. The van der Waals surface area contributed by atoms with Gasteiger partial charge in [-0.2, -0.15) is 5.10 Å². The lowest BCUT2D eigenvalue weighted by molar-refractivity contribution is -0.120. The van der Waals surface area contributed by atoms with Gasteiger partial charge in [0.15, 0.2) is 0 Å². The summed E-state index contributed by atoms with van der Waals surface area (Å²) in [7, 11) is 1.62. The molecule has 0 atom stereocenters. The average Bonchev–Trinajstić information content (AvgIpc) is 2.47. The second kappa shape index (κ2) is 6.63. The van der Waals surface area contributed by atoms with Crippen molar-refractivity contribution < 1.29 is 9.53 Å². The molecule has 0 saturated carbocycles. The number of carbonyl (C=O) groups excluding carboxylic acids is 1. The van der Waals surface area contributed by atoms with Crippen LogP contribution in [0.1, 0.15) is 12.1 Å². The predicted octanol–water partition coefficient (Wildman–Crippen LogP) is 1.04. The fourth-order valence-electron chi connectivity index (χ4n) is 1.68. The van der Waals surface area contributed by atoms with Crippen LogP contribution in [0.3, 0.4) is 0 Å². The minimum Gasteiger partial charge on any atom is -0.497 e. The maximum atomic E-state index is 11.2. The van der Waals surface area contributed by atoms with E-state index in [0.29, 0.717) is 12.2 Å². The molecule has 1 aromatic carbocycles. The number of rotatable bonds is 5. The molecular formula is C14H16N4O2. The van der Waals surface area contributed by atoms with Gasteiger partial charge in [0.25, 0.3) is 0 Å². The van der Waals surface area contributed by atoms with Crippen molar-refractivity contribution in [2.75, 3.05) is 13.7 Å². The highest BCUT2D eigenvalue weighted by atomic mass is 16.5. The smallest absolute Gasteiger partial charge is 0.241 e. The fraction of sp³-hybridized carbons (Fsp3) is 0.214. The van der Waals surface area contributed by atoms with Gasteiger partial charge in [0, 0.05) is 18.4 Å². The first kappa shape index (κ1) is 14.0. The molecule has 2 aromatic rings. The van der Waals surface area contributed by atoms with Crippen LogP contribution in [0.25, 0.3) is 10.9 Å². The Balaban J connectivity index is 2.12. The van der Waals surface area contributed by atoms with Crippen LogP contribution >= 0.6 is 0 Å². The van der Waals surface area contributed by atoms with Crippen molar-refractivity contribution in [3.63, 3.8) is 0 Å². The number of methoxy groups -OCH3 is 1. The standard InChI is InChI=1S/C14H16N4O2/c1-20-12-4-5-13-10(8-12)2-3-11(17-13)9-16-18-14(19)6-7-15/h2-5,8-9H,6-7,15H2,1H3,(H,18,19)/b16-9+. The number of hydrogen-bond acceptors (Lipinski definition) is 5. The van der Waals surface area contributed by atoms with E-state index >= 15 is 0 Å². The second-order valence-corrected chi connectivity index (χ2v) is 4.13. The lowest BCUT2D eigenvalue weighted by Crippen LogP contribution is -2.20. The van der Waals surface area contributed by atoms with Crippen LogP contribution in [0.4, 0.5) is 0 Å². The molecule has 3 N–H and O–H groups in total. The number of aromatic nitrogens is 1. The molecular weight excluding hydrogens is 256 g/mol. The molecule has 1 aromatic heterocycles. The monoisotopic (exact) mass is 272 g/mol. The molecule has 2 rings (SSSR count). The minimum absolute atomic E-state index is 0.214. The van der Waals surface area contributed by atoms with Crippen LogP contribution in [0.2, 0.25) is 0 Å². The summed E-state index contributed by atoms with van der Waals surface area (Å²) in [5.74, 6) is 0.573. The predicted molar refractivity (Wildman–Crippen MR) is 77.7 cm³/mol. The Bertz CT molecular complexity index is 640. The van der Waals surface area contributed by atoms with Gasteiger partial charge >= 0.3 is 0 Å². The Hall–Kier alpha value is -2.47. The van der Waals surface area contributed by atoms with Crippen molar-refractivity contribution in [1.82, 2.24) is 10.4 Å². The third kappa shape index (κ3) is 3.52. The lowest BCUT2D eigenvalue weighted by atomic mass is 10.2. The van der Waals surface area contributed by atoms with Crippen LogP contribution < -0.4 is 15.9 Å². The molecule has 1 amide bonds. The molecule has 0 aliphatic rings. The molecule has 0 aliphatic heterocycles. The topological polar surface area (TPSA) is 89.6 Å². The van der Waals surface area contributed by atoms with E-state index in [9.17, 15) is 4.79 Å². The summed E-state index contributed by atoms with van der Waals surface area (Å²) in [4.78, 5) is 15.6. The number of carbonyl (C=O) groups is 1. The first-order chi connectivity index (χ1) is 9.72. The Morgan fingerprint density at radius 3 is 3.05 bits per heavy atom. The first-order valence-corrected chi connectivity index (χ1v) is 6.19. The zero-order chi connectivity index (χ0) is 14.4. The molecule has 0 unspecified atom stereocenters. The van der Waals surface area contributed by atoms with Gasteiger partial charge in [0.1, 0.15) is 5.75 Å². The highest BCUT2D eigenvalue weighted by Crippen LogP contribution is 2.19. The summed E-state index contributed by atoms with van der Waals surface area (Å²) in [5, 5.41) is 4.81. The normalized spacial score (nSPS) is 10.9. The number of benzene rings is 1. The van der Waals surface area contributed by atoms with Gasteiger partial charge in [-0.15, -0.1) is 0 Å². The van der Waals surface area contributed by atoms with Crippen molar-refractivity contribution in [3.05, 3.63) is 36.0 Å². The Morgan fingerprint density at radius 2 is 2.30 bits per heavy atom. The largest absolute Gasteiger partial charge is 0.497 e. The van der Waals surface area contributed by atoms with E-state index in [-0.39, 0.29) is 12.3 Å². The van der Waals surface area contributed by atoms with Gasteiger partial charge in [0.2, 0.25) is 5.91 Å². The maximum absolute atomic E-state index is 11.2. The van der Waals surface area contributed by atoms with Crippen LogP contribution in [-0.4, -0.2) is 30.8 Å². The number of pyridine rings is 1. The van der Waals surface area contributed by atoms with E-state index in [4.69, 9.17) is 10.5 Å². The van der Waals surface area contributed by atoms with Crippen molar-refractivity contribution in [3.8, 4) is 5.75 Å². The van der Waals surface area contributed by atoms with Crippen LogP contribution in [0, 0.1) is 0 Å².